The highest BCUT2D eigenvalue weighted by molar-refractivity contribution is 6.33. The maximum atomic E-state index is 6.21. The molecule has 0 aliphatic rings. The Kier molecular flexibility index (Phi) is 4.46. The molecule has 104 valence electrons. The maximum absolute atomic E-state index is 6.21. The van der Waals surface area contributed by atoms with Crippen LogP contribution in [0.1, 0.15) is 31.9 Å². The van der Waals surface area contributed by atoms with E-state index in [1.807, 2.05) is 36.4 Å². The third-order valence-corrected chi connectivity index (χ3v) is 3.38. The number of rotatable bonds is 3. The van der Waals surface area contributed by atoms with Gasteiger partial charge in [-0.05, 0) is 35.2 Å². The summed E-state index contributed by atoms with van der Waals surface area (Å²) in [5.41, 5.74) is 6.20. The van der Waals surface area contributed by atoms with Gasteiger partial charge in [0.15, 0.2) is 0 Å². The van der Waals surface area contributed by atoms with Crippen LogP contribution in [0.5, 0.6) is 0 Å². The molecule has 0 saturated heterocycles. The summed E-state index contributed by atoms with van der Waals surface area (Å²) in [5, 5.41) is 4.94. The summed E-state index contributed by atoms with van der Waals surface area (Å²) < 4.78 is 0. The molecule has 0 heterocycles. The second-order valence-corrected chi connectivity index (χ2v) is 6.13. The molecular formula is C17H19ClN2. The van der Waals surface area contributed by atoms with E-state index >= 15 is 0 Å². The molecule has 0 spiro atoms. The van der Waals surface area contributed by atoms with Gasteiger partial charge in [0.25, 0.3) is 0 Å². The van der Waals surface area contributed by atoms with Crippen LogP contribution in [0.25, 0.3) is 0 Å². The number of nitrogens with one attached hydrogen (secondary N) is 1. The van der Waals surface area contributed by atoms with Crippen LogP contribution in [0.3, 0.4) is 0 Å². The van der Waals surface area contributed by atoms with Gasteiger partial charge in [-0.2, -0.15) is 5.10 Å². The fraction of sp³-hybridized carbons (Fsp3) is 0.235. The number of hydrazone groups is 1. The summed E-state index contributed by atoms with van der Waals surface area (Å²) in [4.78, 5) is 0. The van der Waals surface area contributed by atoms with Crippen molar-refractivity contribution in [2.75, 3.05) is 5.43 Å². The number of nitrogens with zero attached hydrogens (tertiary/aromatic N) is 1. The van der Waals surface area contributed by atoms with Gasteiger partial charge in [0.1, 0.15) is 0 Å². The second kappa shape index (κ2) is 6.10. The number of anilines is 1. The predicted octanol–water partition coefficient (Wildman–Crippen LogP) is 5.08. The minimum atomic E-state index is 0.0973. The Bertz CT molecular complexity index is 598. The quantitative estimate of drug-likeness (QED) is 0.617. The highest BCUT2D eigenvalue weighted by atomic mass is 35.5. The molecule has 3 heteroatoms. The minimum absolute atomic E-state index is 0.0973. The molecule has 0 saturated carbocycles. The van der Waals surface area contributed by atoms with E-state index < -0.39 is 0 Å². The van der Waals surface area contributed by atoms with Crippen LogP contribution in [-0.2, 0) is 5.41 Å². The Balaban J connectivity index is 2.16. The zero-order chi connectivity index (χ0) is 14.6. The lowest BCUT2D eigenvalue weighted by Gasteiger charge is -2.19. The average Bonchev–Trinajstić information content (AvgIpc) is 2.41. The summed E-state index contributed by atoms with van der Waals surface area (Å²) in [6.07, 6.45) is 1.75. The lowest BCUT2D eigenvalue weighted by molar-refractivity contribution is 0.590. The lowest BCUT2D eigenvalue weighted by atomic mass is 9.86. The standard InChI is InChI=1S/C17H19ClN2/c1-17(2,3)14-9-10-16(18)13(11-14)12-19-20-15-7-5-4-6-8-15/h4-12,20H,1-3H3. The Morgan fingerprint density at radius 2 is 1.75 bits per heavy atom. The second-order valence-electron chi connectivity index (χ2n) is 5.72. The molecule has 2 nitrogen and oxygen atoms in total. The summed E-state index contributed by atoms with van der Waals surface area (Å²) in [6.45, 7) is 6.54. The van der Waals surface area contributed by atoms with Crippen LogP contribution in [0.15, 0.2) is 53.6 Å². The van der Waals surface area contributed by atoms with Crippen molar-refractivity contribution < 1.29 is 0 Å². The van der Waals surface area contributed by atoms with Crippen molar-refractivity contribution in [3.63, 3.8) is 0 Å². The highest BCUT2D eigenvalue weighted by Crippen LogP contribution is 2.25. The van der Waals surface area contributed by atoms with E-state index in [9.17, 15) is 0 Å². The van der Waals surface area contributed by atoms with Crippen molar-refractivity contribution in [1.82, 2.24) is 0 Å². The van der Waals surface area contributed by atoms with Gasteiger partial charge in [0.2, 0.25) is 0 Å². The van der Waals surface area contributed by atoms with E-state index in [2.05, 4.69) is 43.4 Å². The van der Waals surface area contributed by atoms with Gasteiger partial charge < -0.3 is 0 Å². The zero-order valence-electron chi connectivity index (χ0n) is 12.0. The van der Waals surface area contributed by atoms with Crippen molar-refractivity contribution in [1.29, 1.82) is 0 Å². The molecule has 0 atom stereocenters. The SMILES string of the molecule is CC(C)(C)c1ccc(Cl)c(C=NNc2ccccc2)c1. The van der Waals surface area contributed by atoms with E-state index in [-0.39, 0.29) is 5.41 Å². The van der Waals surface area contributed by atoms with Gasteiger partial charge in [0.05, 0.1) is 11.9 Å². The smallest absolute Gasteiger partial charge is 0.0561 e. The maximum Gasteiger partial charge on any atom is 0.0561 e. The number of para-hydroxylation sites is 1. The number of hydrogen-bond acceptors (Lipinski definition) is 2. The van der Waals surface area contributed by atoms with Gasteiger partial charge in [-0.3, -0.25) is 5.43 Å². The van der Waals surface area contributed by atoms with Crippen LogP contribution >= 0.6 is 11.6 Å². The average molecular weight is 287 g/mol. The molecular weight excluding hydrogens is 268 g/mol. The largest absolute Gasteiger partial charge is 0.279 e. The molecule has 0 aromatic heterocycles. The van der Waals surface area contributed by atoms with E-state index in [1.165, 1.54) is 5.56 Å². The summed E-state index contributed by atoms with van der Waals surface area (Å²) in [6, 6.07) is 15.9. The van der Waals surface area contributed by atoms with E-state index in [4.69, 9.17) is 11.6 Å². The van der Waals surface area contributed by atoms with Gasteiger partial charge in [-0.15, -0.1) is 0 Å². The van der Waals surface area contributed by atoms with E-state index in [0.717, 1.165) is 11.3 Å². The summed E-state index contributed by atoms with van der Waals surface area (Å²) >= 11 is 6.21. The van der Waals surface area contributed by atoms with Crippen molar-refractivity contribution in [3.8, 4) is 0 Å². The first-order valence-electron chi connectivity index (χ1n) is 6.61. The zero-order valence-corrected chi connectivity index (χ0v) is 12.8. The molecule has 0 radical (unpaired) electrons. The van der Waals surface area contributed by atoms with Crippen molar-refractivity contribution in [2.45, 2.75) is 26.2 Å². The third kappa shape index (κ3) is 3.84. The molecule has 20 heavy (non-hydrogen) atoms. The van der Waals surface area contributed by atoms with Crippen molar-refractivity contribution >= 4 is 23.5 Å². The van der Waals surface area contributed by atoms with Gasteiger partial charge in [0, 0.05) is 10.6 Å². The topological polar surface area (TPSA) is 24.4 Å². The van der Waals surface area contributed by atoms with E-state index in [0.29, 0.717) is 5.02 Å². The molecule has 0 fully saturated rings. The summed E-state index contributed by atoms with van der Waals surface area (Å²) in [5.74, 6) is 0. The minimum Gasteiger partial charge on any atom is -0.279 e. The van der Waals surface area contributed by atoms with Gasteiger partial charge >= 0.3 is 0 Å². The highest BCUT2D eigenvalue weighted by Gasteiger charge is 2.14. The van der Waals surface area contributed by atoms with Crippen LogP contribution in [-0.4, -0.2) is 6.21 Å². The normalized spacial score (nSPS) is 11.8. The molecule has 1 N–H and O–H groups in total. The molecule has 0 amide bonds. The number of halogens is 1. The number of benzene rings is 2. The van der Waals surface area contributed by atoms with Crippen molar-refractivity contribution in [2.24, 2.45) is 5.10 Å². The van der Waals surface area contributed by atoms with Gasteiger partial charge in [-0.25, -0.2) is 0 Å². The lowest BCUT2D eigenvalue weighted by Crippen LogP contribution is -2.11. The predicted molar refractivity (Wildman–Crippen MR) is 87.8 cm³/mol. The Hall–Kier alpha value is -1.80. The molecule has 2 aromatic carbocycles. The molecule has 2 aromatic rings. The Morgan fingerprint density at radius 3 is 2.40 bits per heavy atom. The van der Waals surface area contributed by atoms with E-state index in [1.54, 1.807) is 6.21 Å². The van der Waals surface area contributed by atoms with Crippen LogP contribution in [0.4, 0.5) is 5.69 Å². The molecule has 0 aliphatic carbocycles. The van der Waals surface area contributed by atoms with Gasteiger partial charge in [-0.1, -0.05) is 56.6 Å². The molecule has 2 rings (SSSR count). The monoisotopic (exact) mass is 286 g/mol. The first-order chi connectivity index (χ1) is 9.47. The van der Waals surface area contributed by atoms with Crippen LogP contribution < -0.4 is 5.43 Å². The Labute approximate surface area is 125 Å². The molecule has 0 aliphatic heterocycles. The number of hydrogen-bond donors (Lipinski definition) is 1. The van der Waals surface area contributed by atoms with Crippen molar-refractivity contribution in [3.05, 3.63) is 64.7 Å². The summed E-state index contributed by atoms with van der Waals surface area (Å²) in [7, 11) is 0. The van der Waals surface area contributed by atoms with Crippen LogP contribution in [0.2, 0.25) is 5.02 Å². The molecule has 0 unspecified atom stereocenters. The fourth-order valence-corrected chi connectivity index (χ4v) is 1.96. The Morgan fingerprint density at radius 1 is 1.05 bits per heavy atom. The first kappa shape index (κ1) is 14.6. The van der Waals surface area contributed by atoms with Crippen LogP contribution in [0, 0.1) is 0 Å². The fourth-order valence-electron chi connectivity index (χ4n) is 1.80. The third-order valence-electron chi connectivity index (χ3n) is 3.03. The molecule has 0 bridgehead atoms. The first-order valence-corrected chi connectivity index (χ1v) is 6.99.